The molecule has 9 atom stereocenters. The fourth-order valence-corrected chi connectivity index (χ4v) is 9.92. The van der Waals surface area contributed by atoms with Crippen molar-refractivity contribution in [2.24, 2.45) is 11.8 Å². The van der Waals surface area contributed by atoms with E-state index < -0.39 is 66.3 Å². The molecule has 0 radical (unpaired) electrons. The molecule has 2 aromatic carbocycles. The molecule has 2 bridgehead atoms. The van der Waals surface area contributed by atoms with Crippen LogP contribution < -0.4 is 0 Å². The lowest BCUT2D eigenvalue weighted by Gasteiger charge is -2.40. The standard InChI is InChI=1S/C43H55BrN4O8/c1-5-7-18-34(50)45(4)29(3)37(31-16-12-9-13-17-31)55-42(53)35-36-40(51)48(32(28-49)26-30-14-10-8-11-15-30)39(43(36)27-33(44)38(35)56-43)41(52)47(19-6-2)21-20-46-22-24-54-25-23-46/h5-6,8-17,29,32-33,35-39,49H,1-2,7,18-28H2,3-4H3/t29-,32+,33?,35+,36-,37+,38+,39+,43-/m0/s1. The van der Waals surface area contributed by atoms with Gasteiger partial charge in [-0.15, -0.1) is 13.2 Å². The number of alkyl halides is 1. The van der Waals surface area contributed by atoms with Crippen LogP contribution in [0.3, 0.4) is 0 Å². The average molecular weight is 836 g/mol. The molecule has 13 heteroatoms. The van der Waals surface area contributed by atoms with E-state index in [4.69, 9.17) is 14.2 Å². The van der Waals surface area contributed by atoms with Gasteiger partial charge in [0.1, 0.15) is 17.7 Å². The van der Waals surface area contributed by atoms with Crippen molar-refractivity contribution in [2.45, 2.75) is 73.4 Å². The highest BCUT2D eigenvalue weighted by atomic mass is 79.9. The van der Waals surface area contributed by atoms with E-state index in [1.165, 1.54) is 4.90 Å². The van der Waals surface area contributed by atoms with Crippen LogP contribution in [0.4, 0.5) is 0 Å². The molecule has 302 valence electrons. The minimum absolute atomic E-state index is 0.119. The number of amides is 3. The molecule has 3 amide bonds. The van der Waals surface area contributed by atoms with E-state index in [9.17, 15) is 14.7 Å². The Hall–Kier alpha value is -3.88. The summed E-state index contributed by atoms with van der Waals surface area (Å²) in [6.07, 6.45) is 3.12. The quantitative estimate of drug-likeness (QED) is 0.136. The highest BCUT2D eigenvalue weighted by Crippen LogP contribution is 2.61. The topological polar surface area (TPSA) is 129 Å². The number of ether oxygens (including phenoxy) is 3. The molecule has 4 heterocycles. The molecule has 1 unspecified atom stereocenters. The second-order valence-electron chi connectivity index (χ2n) is 15.3. The number of allylic oxidation sites excluding steroid dienone is 1. The minimum atomic E-state index is -1.37. The number of esters is 1. The minimum Gasteiger partial charge on any atom is -0.455 e. The Morgan fingerprint density at radius 1 is 1.07 bits per heavy atom. The maximum atomic E-state index is 15.1. The summed E-state index contributed by atoms with van der Waals surface area (Å²) in [6, 6.07) is 16.3. The van der Waals surface area contributed by atoms with Gasteiger partial charge in [0, 0.05) is 51.0 Å². The number of halogens is 1. The predicted molar refractivity (Wildman–Crippen MR) is 215 cm³/mol. The van der Waals surface area contributed by atoms with E-state index in [2.05, 4.69) is 34.0 Å². The fraction of sp³-hybridized carbons (Fsp3) is 0.535. The molecular formula is C43H55BrN4O8. The van der Waals surface area contributed by atoms with Crippen LogP contribution in [0.15, 0.2) is 86.0 Å². The molecule has 1 spiro atoms. The van der Waals surface area contributed by atoms with Gasteiger partial charge in [0.15, 0.2) is 0 Å². The van der Waals surface area contributed by atoms with E-state index in [0.29, 0.717) is 51.1 Å². The van der Waals surface area contributed by atoms with Gasteiger partial charge in [-0.25, -0.2) is 0 Å². The summed E-state index contributed by atoms with van der Waals surface area (Å²) in [4.78, 5) is 64.8. The van der Waals surface area contributed by atoms with Crippen molar-refractivity contribution in [3.8, 4) is 0 Å². The number of benzene rings is 2. The number of rotatable bonds is 18. The second kappa shape index (κ2) is 18.6. The number of nitrogens with zero attached hydrogens (tertiary/aromatic N) is 4. The van der Waals surface area contributed by atoms with Gasteiger partial charge in [0.2, 0.25) is 17.7 Å². The first-order valence-corrected chi connectivity index (χ1v) is 20.6. The lowest BCUT2D eigenvalue weighted by Crippen LogP contribution is -2.60. The van der Waals surface area contributed by atoms with E-state index in [1.54, 1.807) is 29.0 Å². The van der Waals surface area contributed by atoms with Crippen LogP contribution in [0, 0.1) is 11.8 Å². The van der Waals surface area contributed by atoms with Crippen LogP contribution in [0.5, 0.6) is 0 Å². The second-order valence-corrected chi connectivity index (χ2v) is 16.5. The van der Waals surface area contributed by atoms with Gasteiger partial charge in [0.25, 0.3) is 0 Å². The number of aliphatic hydroxyl groups is 1. The van der Waals surface area contributed by atoms with Crippen molar-refractivity contribution in [2.75, 3.05) is 59.6 Å². The molecule has 1 N–H and O–H groups in total. The number of hydrogen-bond donors (Lipinski definition) is 1. The summed E-state index contributed by atoms with van der Waals surface area (Å²) < 4.78 is 18.8. The number of morpholine rings is 1. The zero-order valence-corrected chi connectivity index (χ0v) is 34.0. The summed E-state index contributed by atoms with van der Waals surface area (Å²) in [5.74, 6) is -3.60. The van der Waals surface area contributed by atoms with Gasteiger partial charge >= 0.3 is 5.97 Å². The van der Waals surface area contributed by atoms with Crippen molar-refractivity contribution in [1.29, 1.82) is 0 Å². The van der Waals surface area contributed by atoms with Crippen LogP contribution in [0.1, 0.15) is 43.4 Å². The fourth-order valence-electron chi connectivity index (χ4n) is 8.98. The Balaban J connectivity index is 1.36. The van der Waals surface area contributed by atoms with Gasteiger partial charge in [-0.3, -0.25) is 24.1 Å². The maximum Gasteiger partial charge on any atom is 0.313 e. The van der Waals surface area contributed by atoms with E-state index in [0.717, 1.165) is 18.7 Å². The van der Waals surface area contributed by atoms with Crippen LogP contribution in [0.2, 0.25) is 0 Å². The Morgan fingerprint density at radius 2 is 1.75 bits per heavy atom. The average Bonchev–Trinajstić information content (AvgIpc) is 3.82. The SMILES string of the molecule is C=CCCC(=O)N(C)[C@@H](C)[C@@H](OC(=O)[C@H]1[C@@H]2O[C@@]3(CC2Br)[C@@H]1C(=O)N([C@@H](CO)Cc1ccccc1)[C@@H]3C(=O)N(CC=C)CCN1CCOCC1)c1ccccc1. The summed E-state index contributed by atoms with van der Waals surface area (Å²) in [5.41, 5.74) is 0.216. The first-order valence-electron chi connectivity index (χ1n) is 19.7. The lowest BCUT2D eigenvalue weighted by molar-refractivity contribution is -0.165. The van der Waals surface area contributed by atoms with Crippen LogP contribution in [-0.4, -0.2) is 143 Å². The number of fused-ring (bicyclic) bond motifs is 1. The highest BCUT2D eigenvalue weighted by Gasteiger charge is 2.77. The number of carbonyl (C=O) groups is 4. The van der Waals surface area contributed by atoms with Crippen molar-refractivity contribution in [3.63, 3.8) is 0 Å². The molecule has 0 aliphatic carbocycles. The molecule has 12 nitrogen and oxygen atoms in total. The summed E-state index contributed by atoms with van der Waals surface area (Å²) in [5, 5.41) is 11.0. The number of likely N-dealkylation sites (N-methyl/N-ethyl adjacent to an activating group) is 1. The molecule has 6 rings (SSSR count). The first kappa shape index (κ1) is 41.7. The summed E-state index contributed by atoms with van der Waals surface area (Å²) in [7, 11) is 1.69. The molecule has 0 saturated carbocycles. The van der Waals surface area contributed by atoms with Gasteiger partial charge in [-0.1, -0.05) is 88.7 Å². The molecule has 4 aliphatic heterocycles. The molecule has 4 saturated heterocycles. The smallest absolute Gasteiger partial charge is 0.313 e. The Labute approximate surface area is 338 Å². The monoisotopic (exact) mass is 834 g/mol. The van der Waals surface area contributed by atoms with Gasteiger partial charge in [0.05, 0.1) is 49.8 Å². The van der Waals surface area contributed by atoms with Crippen LogP contribution in [-0.2, 0) is 39.8 Å². The molecule has 2 aromatic rings. The third-order valence-corrected chi connectivity index (χ3v) is 12.8. The molecule has 4 aliphatic rings. The number of hydrogen-bond acceptors (Lipinski definition) is 9. The number of likely N-dealkylation sites (tertiary alicyclic amines) is 1. The zero-order chi connectivity index (χ0) is 40.0. The normalized spacial score (nSPS) is 27.2. The maximum absolute atomic E-state index is 15.1. The van der Waals surface area contributed by atoms with Gasteiger partial charge < -0.3 is 34.0 Å². The molecular weight excluding hydrogens is 780 g/mol. The number of aliphatic hydroxyl groups excluding tert-OH is 1. The first-order chi connectivity index (χ1) is 27.1. The van der Waals surface area contributed by atoms with Gasteiger partial charge in [-0.2, -0.15) is 0 Å². The Bertz CT molecular complexity index is 1710. The highest BCUT2D eigenvalue weighted by molar-refractivity contribution is 9.09. The van der Waals surface area contributed by atoms with Crippen molar-refractivity contribution in [3.05, 3.63) is 97.1 Å². The largest absolute Gasteiger partial charge is 0.455 e. The summed E-state index contributed by atoms with van der Waals surface area (Å²) >= 11 is 3.78. The van der Waals surface area contributed by atoms with Crippen molar-refractivity contribution in [1.82, 2.24) is 19.6 Å². The van der Waals surface area contributed by atoms with Crippen molar-refractivity contribution >= 4 is 39.6 Å². The van der Waals surface area contributed by atoms with Crippen molar-refractivity contribution < 1.29 is 38.5 Å². The Morgan fingerprint density at radius 3 is 2.39 bits per heavy atom. The molecule has 56 heavy (non-hydrogen) atoms. The van der Waals surface area contributed by atoms with Crippen LogP contribution in [0.25, 0.3) is 0 Å². The molecule has 0 aromatic heterocycles. The van der Waals surface area contributed by atoms with Crippen LogP contribution >= 0.6 is 15.9 Å². The summed E-state index contributed by atoms with van der Waals surface area (Å²) in [6.45, 7) is 13.1. The van der Waals surface area contributed by atoms with E-state index in [1.807, 2.05) is 67.6 Å². The molecule has 4 fully saturated rings. The third-order valence-electron chi connectivity index (χ3n) is 12.0. The lowest BCUT2D eigenvalue weighted by atomic mass is 9.70. The van der Waals surface area contributed by atoms with E-state index in [-0.39, 0.29) is 29.6 Å². The van der Waals surface area contributed by atoms with Gasteiger partial charge in [-0.05, 0) is 37.3 Å². The third kappa shape index (κ3) is 8.38. The van der Waals surface area contributed by atoms with E-state index >= 15 is 9.59 Å². The zero-order valence-electron chi connectivity index (χ0n) is 32.4. The predicted octanol–water partition coefficient (Wildman–Crippen LogP) is 3.78. The Kier molecular flexibility index (Phi) is 13.9. The number of carbonyl (C=O) groups excluding carboxylic acids is 4.